The highest BCUT2D eigenvalue weighted by Crippen LogP contribution is 2.29. The van der Waals surface area contributed by atoms with Gasteiger partial charge in [0, 0.05) is 30.4 Å². The van der Waals surface area contributed by atoms with Gasteiger partial charge in [-0.15, -0.1) is 6.58 Å². The van der Waals surface area contributed by atoms with Crippen molar-refractivity contribution in [3.8, 4) is 5.75 Å². The standard InChI is InChI=1S/C13H19NO2/c1-4-12(15)11-8-7-10(9-13(11)16)14(5-2)6-3/h4,7-9,12,15-16H,1,5-6H2,2-3H3. The summed E-state index contributed by atoms with van der Waals surface area (Å²) in [5.41, 5.74) is 1.45. The highest BCUT2D eigenvalue weighted by molar-refractivity contribution is 5.54. The lowest BCUT2D eigenvalue weighted by molar-refractivity contribution is 0.224. The van der Waals surface area contributed by atoms with Gasteiger partial charge in [-0.1, -0.05) is 12.1 Å². The van der Waals surface area contributed by atoms with Gasteiger partial charge in [-0.25, -0.2) is 0 Å². The molecule has 0 aromatic heterocycles. The lowest BCUT2D eigenvalue weighted by Gasteiger charge is -2.22. The lowest BCUT2D eigenvalue weighted by atomic mass is 10.1. The number of phenols is 1. The van der Waals surface area contributed by atoms with Crippen LogP contribution in [0.3, 0.4) is 0 Å². The van der Waals surface area contributed by atoms with Crippen molar-refractivity contribution < 1.29 is 10.2 Å². The molecule has 88 valence electrons. The smallest absolute Gasteiger partial charge is 0.123 e. The van der Waals surface area contributed by atoms with Crippen LogP contribution in [-0.2, 0) is 0 Å². The number of aliphatic hydroxyl groups is 1. The number of benzene rings is 1. The Bertz CT molecular complexity index is 359. The summed E-state index contributed by atoms with van der Waals surface area (Å²) in [7, 11) is 0. The molecule has 2 N–H and O–H groups in total. The van der Waals surface area contributed by atoms with Crippen molar-refractivity contribution in [3.63, 3.8) is 0 Å². The minimum absolute atomic E-state index is 0.108. The molecule has 0 radical (unpaired) electrons. The second kappa shape index (κ2) is 5.56. The lowest BCUT2D eigenvalue weighted by Crippen LogP contribution is -2.21. The van der Waals surface area contributed by atoms with Crippen LogP contribution in [0.2, 0.25) is 0 Å². The first-order valence-electron chi connectivity index (χ1n) is 5.52. The number of anilines is 1. The fourth-order valence-electron chi connectivity index (χ4n) is 1.69. The maximum absolute atomic E-state index is 9.80. The molecule has 0 aliphatic carbocycles. The Morgan fingerprint density at radius 1 is 1.38 bits per heavy atom. The highest BCUT2D eigenvalue weighted by atomic mass is 16.3. The van der Waals surface area contributed by atoms with E-state index >= 15 is 0 Å². The van der Waals surface area contributed by atoms with E-state index in [2.05, 4.69) is 25.3 Å². The SMILES string of the molecule is C=CC(O)c1ccc(N(CC)CC)cc1O. The van der Waals surface area contributed by atoms with Gasteiger partial charge in [0.05, 0.1) is 0 Å². The molecule has 1 atom stereocenters. The Balaban J connectivity index is 3.03. The summed E-state index contributed by atoms with van der Waals surface area (Å²) in [6, 6.07) is 5.30. The molecule has 1 aromatic rings. The van der Waals surface area contributed by atoms with Gasteiger partial charge in [-0.3, -0.25) is 0 Å². The van der Waals surface area contributed by atoms with E-state index in [0.717, 1.165) is 18.8 Å². The van der Waals surface area contributed by atoms with Crippen molar-refractivity contribution in [1.82, 2.24) is 0 Å². The average Bonchev–Trinajstić information content (AvgIpc) is 2.30. The zero-order chi connectivity index (χ0) is 12.1. The van der Waals surface area contributed by atoms with Crippen LogP contribution < -0.4 is 4.90 Å². The average molecular weight is 221 g/mol. The first kappa shape index (κ1) is 12.6. The molecule has 0 amide bonds. The van der Waals surface area contributed by atoms with Crippen LogP contribution in [0.4, 0.5) is 5.69 Å². The second-order valence-electron chi connectivity index (χ2n) is 3.60. The Labute approximate surface area is 96.6 Å². The molecule has 0 saturated heterocycles. The van der Waals surface area contributed by atoms with Gasteiger partial charge >= 0.3 is 0 Å². The minimum Gasteiger partial charge on any atom is -0.507 e. The second-order valence-corrected chi connectivity index (χ2v) is 3.60. The summed E-state index contributed by atoms with van der Waals surface area (Å²) in [6.45, 7) is 9.40. The molecule has 0 bridgehead atoms. The van der Waals surface area contributed by atoms with Crippen LogP contribution in [0.15, 0.2) is 30.9 Å². The van der Waals surface area contributed by atoms with E-state index in [0.29, 0.717) is 5.56 Å². The fourth-order valence-corrected chi connectivity index (χ4v) is 1.69. The Hall–Kier alpha value is -1.48. The van der Waals surface area contributed by atoms with Crippen LogP contribution in [-0.4, -0.2) is 23.3 Å². The van der Waals surface area contributed by atoms with Crippen LogP contribution >= 0.6 is 0 Å². The zero-order valence-electron chi connectivity index (χ0n) is 9.85. The Morgan fingerprint density at radius 3 is 2.44 bits per heavy atom. The molecule has 0 saturated carbocycles. The normalized spacial score (nSPS) is 12.2. The van der Waals surface area contributed by atoms with Crippen molar-refractivity contribution in [2.75, 3.05) is 18.0 Å². The largest absolute Gasteiger partial charge is 0.507 e. The van der Waals surface area contributed by atoms with Gasteiger partial charge in [-0.05, 0) is 19.9 Å². The van der Waals surface area contributed by atoms with Crippen LogP contribution in [0.5, 0.6) is 5.75 Å². The number of phenolic OH excluding ortho intramolecular Hbond substituents is 1. The predicted octanol–water partition coefficient (Wildman–Crippen LogP) is 2.46. The maximum atomic E-state index is 9.80. The molecular weight excluding hydrogens is 202 g/mol. The predicted molar refractivity (Wildman–Crippen MR) is 66.8 cm³/mol. The third-order valence-electron chi connectivity index (χ3n) is 2.68. The molecule has 0 fully saturated rings. The number of aromatic hydroxyl groups is 1. The van der Waals surface area contributed by atoms with Crippen molar-refractivity contribution in [1.29, 1.82) is 0 Å². The number of nitrogens with zero attached hydrogens (tertiary/aromatic N) is 1. The summed E-state index contributed by atoms with van der Waals surface area (Å²) in [4.78, 5) is 2.13. The summed E-state index contributed by atoms with van der Waals surface area (Å²) >= 11 is 0. The van der Waals surface area contributed by atoms with Gasteiger partial charge in [0.2, 0.25) is 0 Å². The number of hydrogen-bond acceptors (Lipinski definition) is 3. The van der Waals surface area contributed by atoms with Crippen LogP contribution in [0, 0.1) is 0 Å². The molecule has 1 aromatic carbocycles. The van der Waals surface area contributed by atoms with E-state index in [1.54, 1.807) is 12.1 Å². The molecule has 3 nitrogen and oxygen atoms in total. The molecule has 1 unspecified atom stereocenters. The highest BCUT2D eigenvalue weighted by Gasteiger charge is 2.11. The molecule has 3 heteroatoms. The van der Waals surface area contributed by atoms with E-state index in [4.69, 9.17) is 0 Å². The van der Waals surface area contributed by atoms with Gasteiger partial charge in [0.25, 0.3) is 0 Å². The maximum Gasteiger partial charge on any atom is 0.123 e. The van der Waals surface area contributed by atoms with E-state index < -0.39 is 6.10 Å². The van der Waals surface area contributed by atoms with Crippen molar-refractivity contribution >= 4 is 5.69 Å². The van der Waals surface area contributed by atoms with Crippen molar-refractivity contribution in [3.05, 3.63) is 36.4 Å². The molecule has 16 heavy (non-hydrogen) atoms. The summed E-state index contributed by atoms with van der Waals surface area (Å²) in [5, 5.41) is 19.4. The third kappa shape index (κ3) is 2.55. The van der Waals surface area contributed by atoms with Gasteiger partial charge in [-0.2, -0.15) is 0 Å². The minimum atomic E-state index is -0.814. The van der Waals surface area contributed by atoms with Crippen molar-refractivity contribution in [2.24, 2.45) is 0 Å². The Morgan fingerprint density at radius 2 is 2.00 bits per heavy atom. The topological polar surface area (TPSA) is 43.7 Å². The van der Waals surface area contributed by atoms with Gasteiger partial charge in [0.1, 0.15) is 11.9 Å². The number of rotatable bonds is 5. The zero-order valence-corrected chi connectivity index (χ0v) is 9.85. The molecule has 0 aliphatic rings. The van der Waals surface area contributed by atoms with E-state index in [1.165, 1.54) is 6.08 Å². The van der Waals surface area contributed by atoms with E-state index in [-0.39, 0.29) is 5.75 Å². The quantitative estimate of drug-likeness (QED) is 0.751. The molecular formula is C13H19NO2. The van der Waals surface area contributed by atoms with Gasteiger partial charge < -0.3 is 15.1 Å². The monoisotopic (exact) mass is 221 g/mol. The molecule has 0 heterocycles. The summed E-state index contributed by atoms with van der Waals surface area (Å²) in [5.74, 6) is 0.108. The molecule has 1 rings (SSSR count). The molecule has 0 spiro atoms. The Kier molecular flexibility index (Phi) is 4.38. The third-order valence-corrected chi connectivity index (χ3v) is 2.68. The fraction of sp³-hybridized carbons (Fsp3) is 0.385. The van der Waals surface area contributed by atoms with Crippen LogP contribution in [0.25, 0.3) is 0 Å². The van der Waals surface area contributed by atoms with E-state index in [9.17, 15) is 10.2 Å². The van der Waals surface area contributed by atoms with E-state index in [1.807, 2.05) is 6.07 Å². The first-order valence-corrected chi connectivity index (χ1v) is 5.52. The number of hydrogen-bond donors (Lipinski definition) is 2. The summed E-state index contributed by atoms with van der Waals surface area (Å²) < 4.78 is 0. The summed E-state index contributed by atoms with van der Waals surface area (Å²) in [6.07, 6.45) is 0.581. The van der Waals surface area contributed by atoms with Crippen LogP contribution in [0.1, 0.15) is 25.5 Å². The first-order chi connectivity index (χ1) is 7.63. The van der Waals surface area contributed by atoms with Crippen molar-refractivity contribution in [2.45, 2.75) is 20.0 Å². The molecule has 0 aliphatic heterocycles. The van der Waals surface area contributed by atoms with Gasteiger partial charge in [0.15, 0.2) is 0 Å². The number of aliphatic hydroxyl groups excluding tert-OH is 1.